The van der Waals surface area contributed by atoms with Gasteiger partial charge in [0.25, 0.3) is 0 Å². The van der Waals surface area contributed by atoms with Crippen molar-refractivity contribution in [2.24, 2.45) is 0 Å². The molecule has 1 aliphatic rings. The maximum Gasteiger partial charge on any atom is 0.314 e. The van der Waals surface area contributed by atoms with Crippen molar-refractivity contribution in [3.05, 3.63) is 28.0 Å². The summed E-state index contributed by atoms with van der Waals surface area (Å²) in [6.07, 6.45) is 0.873. The van der Waals surface area contributed by atoms with Crippen LogP contribution in [0.15, 0.2) is 16.6 Å². The van der Waals surface area contributed by atoms with Crippen LogP contribution in [0.2, 0.25) is 0 Å². The van der Waals surface area contributed by atoms with Gasteiger partial charge in [-0.25, -0.2) is 4.39 Å². The molecule has 0 aliphatic heterocycles. The largest absolute Gasteiger partial charge is 0.505 e. The molecule has 0 aromatic heterocycles. The number of carboxylic acids is 1. The molecule has 80 valence electrons. The van der Waals surface area contributed by atoms with Gasteiger partial charge in [-0.05, 0) is 25.0 Å². The summed E-state index contributed by atoms with van der Waals surface area (Å²) in [4.78, 5) is 11.0. The second-order valence-corrected chi connectivity index (χ2v) is 4.59. The van der Waals surface area contributed by atoms with Gasteiger partial charge < -0.3 is 10.2 Å². The Labute approximate surface area is 93.7 Å². The summed E-state index contributed by atoms with van der Waals surface area (Å²) in [7, 11) is 0. The number of halogens is 2. The third-order valence-corrected chi connectivity index (χ3v) is 3.16. The van der Waals surface area contributed by atoms with Gasteiger partial charge in [0.1, 0.15) is 0 Å². The number of phenols is 1. The molecule has 1 fully saturated rings. The molecule has 0 spiro atoms. The number of hydrogen-bond donors (Lipinski definition) is 2. The number of benzene rings is 1. The summed E-state index contributed by atoms with van der Waals surface area (Å²) >= 11 is 3.07. The lowest BCUT2D eigenvalue weighted by Gasteiger charge is -2.13. The molecule has 5 heteroatoms. The Morgan fingerprint density at radius 3 is 2.53 bits per heavy atom. The highest BCUT2D eigenvalue weighted by molar-refractivity contribution is 9.10. The Kier molecular flexibility index (Phi) is 2.22. The lowest BCUT2D eigenvalue weighted by Crippen LogP contribution is -2.19. The van der Waals surface area contributed by atoms with Crippen molar-refractivity contribution in [1.82, 2.24) is 0 Å². The van der Waals surface area contributed by atoms with Crippen LogP contribution in [0.3, 0.4) is 0 Å². The monoisotopic (exact) mass is 274 g/mol. The van der Waals surface area contributed by atoms with Crippen molar-refractivity contribution < 1.29 is 19.4 Å². The Morgan fingerprint density at radius 1 is 1.47 bits per heavy atom. The van der Waals surface area contributed by atoms with Gasteiger partial charge in [-0.3, -0.25) is 4.79 Å². The highest BCUT2D eigenvalue weighted by Crippen LogP contribution is 2.52. The Morgan fingerprint density at radius 2 is 2.07 bits per heavy atom. The first-order chi connectivity index (χ1) is 6.97. The van der Waals surface area contributed by atoms with Crippen molar-refractivity contribution in [3.63, 3.8) is 0 Å². The van der Waals surface area contributed by atoms with E-state index < -0.39 is 23.0 Å². The number of carbonyl (C=O) groups is 1. The lowest BCUT2D eigenvalue weighted by molar-refractivity contribution is -0.140. The van der Waals surface area contributed by atoms with E-state index in [2.05, 4.69) is 15.9 Å². The molecule has 0 saturated heterocycles. The molecule has 2 N–H and O–H groups in total. The van der Waals surface area contributed by atoms with Gasteiger partial charge in [-0.1, -0.05) is 15.9 Å². The van der Waals surface area contributed by atoms with Crippen molar-refractivity contribution >= 4 is 21.9 Å². The van der Waals surface area contributed by atoms with E-state index >= 15 is 0 Å². The van der Waals surface area contributed by atoms with Gasteiger partial charge in [-0.15, -0.1) is 0 Å². The normalized spacial score (nSPS) is 17.5. The molecular weight excluding hydrogens is 267 g/mol. The molecule has 0 bridgehead atoms. The molecular formula is C10H8BrFO3. The van der Waals surface area contributed by atoms with Crippen molar-refractivity contribution in [2.75, 3.05) is 0 Å². The molecule has 0 atom stereocenters. The topological polar surface area (TPSA) is 57.5 Å². The minimum atomic E-state index is -1.09. The van der Waals surface area contributed by atoms with Gasteiger partial charge in [-0.2, -0.15) is 0 Å². The molecule has 0 amide bonds. The van der Waals surface area contributed by atoms with E-state index in [0.717, 1.165) is 6.07 Å². The van der Waals surface area contributed by atoms with Crippen LogP contribution in [0.25, 0.3) is 0 Å². The smallest absolute Gasteiger partial charge is 0.314 e. The van der Waals surface area contributed by atoms with E-state index in [1.54, 1.807) is 0 Å². The van der Waals surface area contributed by atoms with E-state index in [9.17, 15) is 14.3 Å². The number of aliphatic carboxylic acids is 1. The Bertz CT molecular complexity index is 441. The van der Waals surface area contributed by atoms with E-state index in [4.69, 9.17) is 5.11 Å². The van der Waals surface area contributed by atoms with Crippen LogP contribution in [0.5, 0.6) is 5.75 Å². The van der Waals surface area contributed by atoms with Crippen LogP contribution < -0.4 is 0 Å². The van der Waals surface area contributed by atoms with Gasteiger partial charge in [0, 0.05) is 10.0 Å². The van der Waals surface area contributed by atoms with E-state index in [1.807, 2.05) is 0 Å². The van der Waals surface area contributed by atoms with E-state index in [-0.39, 0.29) is 5.56 Å². The van der Waals surface area contributed by atoms with Crippen LogP contribution in [-0.4, -0.2) is 16.2 Å². The predicted molar refractivity (Wildman–Crippen MR) is 54.3 cm³/mol. The molecule has 3 nitrogen and oxygen atoms in total. The molecule has 0 heterocycles. The minimum absolute atomic E-state index is 0.155. The zero-order valence-electron chi connectivity index (χ0n) is 7.63. The molecule has 0 unspecified atom stereocenters. The number of rotatable bonds is 2. The highest BCUT2D eigenvalue weighted by Gasteiger charge is 2.53. The first-order valence-electron chi connectivity index (χ1n) is 4.39. The maximum absolute atomic E-state index is 13.2. The fourth-order valence-corrected chi connectivity index (χ4v) is 2.08. The summed E-state index contributed by atoms with van der Waals surface area (Å²) in [6.45, 7) is 0. The molecule has 0 radical (unpaired) electrons. The van der Waals surface area contributed by atoms with Gasteiger partial charge in [0.15, 0.2) is 11.6 Å². The van der Waals surface area contributed by atoms with Crippen LogP contribution >= 0.6 is 15.9 Å². The average molecular weight is 275 g/mol. The first kappa shape index (κ1) is 10.4. The highest BCUT2D eigenvalue weighted by atomic mass is 79.9. The van der Waals surface area contributed by atoms with Gasteiger partial charge >= 0.3 is 5.97 Å². The molecule has 2 rings (SSSR count). The summed E-state index contributed by atoms with van der Waals surface area (Å²) in [5.74, 6) is -2.37. The Balaban J connectivity index is 2.58. The average Bonchev–Trinajstić information content (AvgIpc) is 2.91. The maximum atomic E-state index is 13.2. The third-order valence-electron chi connectivity index (χ3n) is 2.70. The number of aromatic hydroxyl groups is 1. The van der Waals surface area contributed by atoms with Crippen LogP contribution in [0.1, 0.15) is 18.4 Å². The van der Waals surface area contributed by atoms with E-state index in [1.165, 1.54) is 6.07 Å². The summed E-state index contributed by atoms with van der Waals surface area (Å²) in [5.41, 5.74) is -0.934. The van der Waals surface area contributed by atoms with Crippen molar-refractivity contribution in [2.45, 2.75) is 18.3 Å². The van der Waals surface area contributed by atoms with Crippen LogP contribution in [0.4, 0.5) is 4.39 Å². The van der Waals surface area contributed by atoms with Gasteiger partial charge in [0.2, 0.25) is 0 Å². The molecule has 1 aliphatic carbocycles. The fraction of sp³-hybridized carbons (Fsp3) is 0.300. The fourth-order valence-electron chi connectivity index (χ4n) is 1.65. The zero-order valence-corrected chi connectivity index (χ0v) is 9.21. The lowest BCUT2D eigenvalue weighted by atomic mass is 9.95. The van der Waals surface area contributed by atoms with E-state index in [0.29, 0.717) is 17.3 Å². The number of phenolic OH excluding ortho intramolecular Hbond substituents is 1. The minimum Gasteiger partial charge on any atom is -0.505 e. The summed E-state index contributed by atoms with van der Waals surface area (Å²) in [6, 6.07) is 2.57. The molecule has 1 aromatic rings. The van der Waals surface area contributed by atoms with Crippen LogP contribution in [0, 0.1) is 5.82 Å². The quantitative estimate of drug-likeness (QED) is 0.871. The van der Waals surface area contributed by atoms with Gasteiger partial charge in [0.05, 0.1) is 5.41 Å². The van der Waals surface area contributed by atoms with Crippen LogP contribution in [-0.2, 0) is 10.2 Å². The number of hydrogen-bond acceptors (Lipinski definition) is 2. The van der Waals surface area contributed by atoms with Crippen molar-refractivity contribution in [1.29, 1.82) is 0 Å². The summed E-state index contributed by atoms with van der Waals surface area (Å²) in [5, 5.41) is 18.5. The SMILES string of the molecule is O=C(O)C1(c2cc(Br)cc(F)c2O)CC1. The Hall–Kier alpha value is -1.10. The molecule has 15 heavy (non-hydrogen) atoms. The predicted octanol–water partition coefficient (Wildman–Crippen LogP) is 2.41. The number of carboxylic acid groups (broad SMARTS) is 1. The molecule has 1 aromatic carbocycles. The standard InChI is InChI=1S/C10H8BrFO3/c11-5-3-6(8(13)7(12)4-5)10(1-2-10)9(14)15/h3-4,13H,1-2H2,(H,14,15). The third kappa shape index (κ3) is 1.51. The summed E-state index contributed by atoms with van der Waals surface area (Å²) < 4.78 is 13.6. The second kappa shape index (κ2) is 3.20. The van der Waals surface area contributed by atoms with Crippen molar-refractivity contribution in [3.8, 4) is 5.75 Å². The zero-order chi connectivity index (χ0) is 11.2. The first-order valence-corrected chi connectivity index (χ1v) is 5.18. The molecule has 1 saturated carbocycles. The second-order valence-electron chi connectivity index (χ2n) is 3.67.